The highest BCUT2D eigenvalue weighted by Gasteiger charge is 2.52. The van der Waals surface area contributed by atoms with Crippen molar-refractivity contribution >= 4 is 5.97 Å². The van der Waals surface area contributed by atoms with Crippen molar-refractivity contribution in [2.24, 2.45) is 16.7 Å². The van der Waals surface area contributed by atoms with Gasteiger partial charge in [-0.1, -0.05) is 44.7 Å². The predicted octanol–water partition coefficient (Wildman–Crippen LogP) is 7.03. The van der Waals surface area contributed by atoms with Gasteiger partial charge < -0.3 is 5.11 Å². The highest BCUT2D eigenvalue weighted by atomic mass is 19.4. The molecule has 8 heteroatoms. The largest absolute Gasteiger partial charge is 0.481 e. The van der Waals surface area contributed by atoms with E-state index in [0.717, 1.165) is 12.1 Å². The average Bonchev–Trinajstić information content (AvgIpc) is 2.64. The van der Waals surface area contributed by atoms with E-state index in [-0.39, 0.29) is 22.9 Å². The first-order valence-electron chi connectivity index (χ1n) is 11.4. The number of hydrogen-bond acceptors (Lipinski definition) is 2. The molecule has 0 saturated carbocycles. The van der Waals surface area contributed by atoms with E-state index >= 15 is 8.78 Å². The number of nitrogens with zero attached hydrogens (tertiary/aromatic N) is 1. The molecule has 0 spiro atoms. The number of hydrogen-bond donors (Lipinski definition) is 1. The summed E-state index contributed by atoms with van der Waals surface area (Å²) in [5, 5.41) is 9.41. The summed E-state index contributed by atoms with van der Waals surface area (Å²) in [6.45, 7) is 11.7. The van der Waals surface area contributed by atoms with Gasteiger partial charge in [0.2, 0.25) is 0 Å². The Morgan fingerprint density at radius 1 is 1.12 bits per heavy atom. The van der Waals surface area contributed by atoms with E-state index in [4.69, 9.17) is 0 Å². The van der Waals surface area contributed by atoms with E-state index in [9.17, 15) is 23.1 Å². The van der Waals surface area contributed by atoms with Gasteiger partial charge in [0.25, 0.3) is 5.92 Å². The van der Waals surface area contributed by atoms with E-state index < -0.39 is 54.5 Å². The number of carboxylic acid groups (broad SMARTS) is 1. The Balaban J connectivity index is 2.65. The first-order chi connectivity index (χ1) is 15.3. The molecule has 1 aromatic rings. The molecule has 0 amide bonds. The van der Waals surface area contributed by atoms with E-state index in [1.807, 2.05) is 41.5 Å². The molecule has 190 valence electrons. The summed E-state index contributed by atoms with van der Waals surface area (Å²) in [4.78, 5) is 13.3. The van der Waals surface area contributed by atoms with Crippen LogP contribution in [0.2, 0.25) is 0 Å². The average molecular weight is 488 g/mol. The quantitative estimate of drug-likeness (QED) is 0.358. The number of halogens is 5. The predicted molar refractivity (Wildman–Crippen MR) is 121 cm³/mol. The number of benzene rings is 1. The second kappa shape index (κ2) is 9.85. The van der Waals surface area contributed by atoms with Crippen molar-refractivity contribution in [3.63, 3.8) is 0 Å². The highest BCUT2D eigenvalue weighted by Crippen LogP contribution is 2.48. The smallest absolute Gasteiger partial charge is 0.416 e. The monoisotopic (exact) mass is 487 g/mol. The number of aliphatic carboxylic acids is 1. The molecule has 0 aromatic heterocycles. The summed E-state index contributed by atoms with van der Waals surface area (Å²) in [5.41, 5.74) is -1.22. The molecular formula is C26H34F5NO2. The van der Waals surface area contributed by atoms with Crippen molar-refractivity contribution in [3.8, 4) is 11.8 Å². The van der Waals surface area contributed by atoms with Crippen LogP contribution in [0.3, 0.4) is 0 Å². The lowest BCUT2D eigenvalue weighted by atomic mass is 9.77. The van der Waals surface area contributed by atoms with E-state index in [1.165, 1.54) is 12.1 Å². The van der Waals surface area contributed by atoms with Crippen molar-refractivity contribution in [1.29, 1.82) is 0 Å². The minimum absolute atomic E-state index is 0.0472. The van der Waals surface area contributed by atoms with Crippen molar-refractivity contribution < 1.29 is 31.9 Å². The molecule has 2 rings (SSSR count). The SMILES string of the molecule is CC(C)(C)C#CC(CC(C)(C)C)N1CCC(F)(F)C(CC(=O)O)C1c1ccc(C(F)(F)F)cc1. The molecule has 1 heterocycles. The Morgan fingerprint density at radius 2 is 1.68 bits per heavy atom. The lowest BCUT2D eigenvalue weighted by molar-refractivity contribution is -0.161. The van der Waals surface area contributed by atoms with Crippen LogP contribution in [0.1, 0.15) is 78.0 Å². The Morgan fingerprint density at radius 3 is 2.12 bits per heavy atom. The summed E-state index contributed by atoms with van der Waals surface area (Å²) < 4.78 is 69.5. The van der Waals surface area contributed by atoms with Gasteiger partial charge in [0, 0.05) is 24.4 Å². The number of piperidine rings is 1. The van der Waals surface area contributed by atoms with Gasteiger partial charge >= 0.3 is 12.1 Å². The van der Waals surface area contributed by atoms with Crippen molar-refractivity contribution in [2.75, 3.05) is 6.54 Å². The maximum atomic E-state index is 15.1. The highest BCUT2D eigenvalue weighted by molar-refractivity contribution is 5.67. The Kier molecular flexibility index (Phi) is 8.14. The van der Waals surface area contributed by atoms with Crippen LogP contribution in [0.15, 0.2) is 24.3 Å². The van der Waals surface area contributed by atoms with Crippen LogP contribution in [0, 0.1) is 28.6 Å². The minimum atomic E-state index is -4.57. The molecule has 1 aromatic carbocycles. The third kappa shape index (κ3) is 7.69. The fraction of sp³-hybridized carbons (Fsp3) is 0.654. The summed E-state index contributed by atoms with van der Waals surface area (Å²) in [5.74, 6) is 0.135. The van der Waals surface area contributed by atoms with Crippen LogP contribution in [0.4, 0.5) is 22.0 Å². The van der Waals surface area contributed by atoms with Crippen molar-refractivity contribution in [2.45, 2.75) is 85.0 Å². The third-order valence-corrected chi connectivity index (χ3v) is 5.78. The molecule has 3 unspecified atom stereocenters. The molecule has 1 aliphatic rings. The standard InChI is InChI=1S/C26H34F5NO2/c1-23(2,3)12-11-19(16-24(4,5)6)32-14-13-25(27,28)20(15-21(33)34)22(32)17-7-9-18(10-8-17)26(29,30)31/h7-10,19-20,22H,13-16H2,1-6H3,(H,33,34). The van der Waals surface area contributed by atoms with Gasteiger partial charge in [-0.05, 0) is 50.3 Å². The number of likely N-dealkylation sites (tertiary alicyclic amines) is 1. The number of carbonyl (C=O) groups is 1. The zero-order valence-corrected chi connectivity index (χ0v) is 20.6. The molecule has 3 nitrogen and oxygen atoms in total. The maximum absolute atomic E-state index is 15.1. The van der Waals surface area contributed by atoms with Crippen LogP contribution in [0.5, 0.6) is 0 Å². The third-order valence-electron chi connectivity index (χ3n) is 5.78. The number of rotatable bonds is 5. The number of alkyl halides is 5. The zero-order chi connectivity index (χ0) is 26.1. The lowest BCUT2D eigenvalue weighted by Gasteiger charge is -2.48. The van der Waals surface area contributed by atoms with Gasteiger partial charge in [0.05, 0.1) is 23.9 Å². The zero-order valence-electron chi connectivity index (χ0n) is 20.6. The summed E-state index contributed by atoms with van der Waals surface area (Å²) in [6.07, 6.45) is -5.38. The van der Waals surface area contributed by atoms with E-state index in [0.29, 0.717) is 6.42 Å². The minimum Gasteiger partial charge on any atom is -0.481 e. The molecule has 3 atom stereocenters. The van der Waals surface area contributed by atoms with E-state index in [2.05, 4.69) is 11.8 Å². The molecule has 1 fully saturated rings. The second-order valence-electron chi connectivity index (χ2n) is 11.3. The molecule has 34 heavy (non-hydrogen) atoms. The van der Waals surface area contributed by atoms with Gasteiger partial charge in [-0.2, -0.15) is 13.2 Å². The maximum Gasteiger partial charge on any atom is 0.416 e. The Bertz CT molecular complexity index is 914. The van der Waals surface area contributed by atoms with E-state index in [1.54, 1.807) is 4.90 Å². The molecule has 0 aliphatic carbocycles. The molecule has 1 N–H and O–H groups in total. The van der Waals surface area contributed by atoms with Crippen LogP contribution >= 0.6 is 0 Å². The van der Waals surface area contributed by atoms with Gasteiger partial charge in [-0.15, -0.1) is 0 Å². The van der Waals surface area contributed by atoms with Gasteiger partial charge in [0.1, 0.15) is 0 Å². The van der Waals surface area contributed by atoms with Crippen LogP contribution in [0.25, 0.3) is 0 Å². The van der Waals surface area contributed by atoms with Crippen LogP contribution in [-0.4, -0.2) is 34.5 Å². The molecule has 0 bridgehead atoms. The Hall–Kier alpha value is -2.14. The van der Waals surface area contributed by atoms with Crippen molar-refractivity contribution in [3.05, 3.63) is 35.4 Å². The van der Waals surface area contributed by atoms with Gasteiger partial charge in [-0.25, -0.2) is 8.78 Å². The molecule has 1 saturated heterocycles. The fourth-order valence-electron chi connectivity index (χ4n) is 4.29. The van der Waals surface area contributed by atoms with Crippen LogP contribution in [-0.2, 0) is 11.0 Å². The first-order valence-corrected chi connectivity index (χ1v) is 11.4. The topological polar surface area (TPSA) is 40.5 Å². The normalized spacial score (nSPS) is 22.6. The lowest BCUT2D eigenvalue weighted by Crippen LogP contribution is -2.53. The molecular weight excluding hydrogens is 453 g/mol. The fourth-order valence-corrected chi connectivity index (χ4v) is 4.29. The second-order valence-corrected chi connectivity index (χ2v) is 11.3. The number of carboxylic acids is 1. The van der Waals surface area contributed by atoms with Gasteiger partial charge in [-0.3, -0.25) is 9.69 Å². The summed E-state index contributed by atoms with van der Waals surface area (Å²) in [6, 6.07) is 2.52. The van der Waals surface area contributed by atoms with Gasteiger partial charge in [0.15, 0.2) is 0 Å². The van der Waals surface area contributed by atoms with Crippen molar-refractivity contribution in [1.82, 2.24) is 4.90 Å². The summed E-state index contributed by atoms with van der Waals surface area (Å²) in [7, 11) is 0. The Labute approximate surface area is 198 Å². The molecule has 0 radical (unpaired) electrons. The molecule has 1 aliphatic heterocycles. The van der Waals surface area contributed by atoms with Crippen LogP contribution < -0.4 is 0 Å². The first kappa shape index (κ1) is 28.1. The summed E-state index contributed by atoms with van der Waals surface area (Å²) >= 11 is 0.